The van der Waals surface area contributed by atoms with Crippen molar-refractivity contribution in [1.29, 1.82) is 0 Å². The van der Waals surface area contributed by atoms with Crippen molar-refractivity contribution in [2.45, 2.75) is 25.7 Å². The molecule has 0 atom stereocenters. The van der Waals surface area contributed by atoms with Crippen molar-refractivity contribution in [3.05, 3.63) is 24.0 Å². The lowest BCUT2D eigenvalue weighted by Gasteiger charge is -2.17. The Hall–Kier alpha value is -1.09. The standard InChI is InChI=1S/C14H23N3/c1-16(2)9-5-6-13-7-8-14(12-15-13)17-10-3-4-11-17/h7-8,12H,3-6,9-11H2,1-2H3. The molecule has 0 bridgehead atoms. The van der Waals surface area contributed by atoms with Gasteiger partial charge < -0.3 is 9.80 Å². The van der Waals surface area contributed by atoms with E-state index in [1.165, 1.54) is 43.7 Å². The lowest BCUT2D eigenvalue weighted by atomic mass is 10.2. The minimum atomic E-state index is 1.08. The first-order valence-corrected chi connectivity index (χ1v) is 6.60. The molecule has 0 N–H and O–H groups in total. The first kappa shape index (κ1) is 12.4. The molecule has 1 aliphatic rings. The molecule has 0 aromatic carbocycles. The van der Waals surface area contributed by atoms with Crippen LogP contribution in [0.25, 0.3) is 0 Å². The van der Waals surface area contributed by atoms with Crippen LogP contribution in [-0.4, -0.2) is 43.6 Å². The maximum atomic E-state index is 4.56. The molecule has 1 aliphatic heterocycles. The van der Waals surface area contributed by atoms with Gasteiger partial charge in [0.05, 0.1) is 11.9 Å². The number of aryl methyl sites for hydroxylation is 1. The Labute approximate surface area is 104 Å². The third-order valence-corrected chi connectivity index (χ3v) is 3.32. The summed E-state index contributed by atoms with van der Waals surface area (Å²) in [7, 11) is 4.23. The molecule has 1 fully saturated rings. The molecular weight excluding hydrogens is 210 g/mol. The highest BCUT2D eigenvalue weighted by molar-refractivity contribution is 5.45. The number of rotatable bonds is 5. The third-order valence-electron chi connectivity index (χ3n) is 3.32. The maximum absolute atomic E-state index is 4.56. The van der Waals surface area contributed by atoms with Crippen LogP contribution in [0.3, 0.4) is 0 Å². The van der Waals surface area contributed by atoms with Crippen LogP contribution in [0.5, 0.6) is 0 Å². The quantitative estimate of drug-likeness (QED) is 0.777. The number of aromatic nitrogens is 1. The fourth-order valence-electron chi connectivity index (χ4n) is 2.30. The Bertz CT molecular complexity index is 326. The molecule has 1 aromatic rings. The number of anilines is 1. The van der Waals surface area contributed by atoms with Gasteiger partial charge in [-0.1, -0.05) is 0 Å². The van der Waals surface area contributed by atoms with Crippen LogP contribution in [0.2, 0.25) is 0 Å². The molecule has 3 nitrogen and oxygen atoms in total. The fourth-order valence-corrected chi connectivity index (χ4v) is 2.30. The minimum absolute atomic E-state index is 1.08. The van der Waals surface area contributed by atoms with Crippen molar-refractivity contribution in [2.75, 3.05) is 38.6 Å². The van der Waals surface area contributed by atoms with E-state index in [-0.39, 0.29) is 0 Å². The number of hydrogen-bond acceptors (Lipinski definition) is 3. The van der Waals surface area contributed by atoms with Gasteiger partial charge in [-0.05, 0) is 58.5 Å². The molecule has 2 rings (SSSR count). The van der Waals surface area contributed by atoms with E-state index in [4.69, 9.17) is 0 Å². The summed E-state index contributed by atoms with van der Waals surface area (Å²) >= 11 is 0. The largest absolute Gasteiger partial charge is 0.370 e. The van der Waals surface area contributed by atoms with Crippen LogP contribution in [0.15, 0.2) is 18.3 Å². The molecule has 2 heterocycles. The van der Waals surface area contributed by atoms with Gasteiger partial charge in [0.1, 0.15) is 0 Å². The summed E-state index contributed by atoms with van der Waals surface area (Å²) in [5.74, 6) is 0. The van der Waals surface area contributed by atoms with Gasteiger partial charge in [0, 0.05) is 18.8 Å². The molecular formula is C14H23N3. The second-order valence-corrected chi connectivity index (χ2v) is 5.11. The molecule has 0 aliphatic carbocycles. The summed E-state index contributed by atoms with van der Waals surface area (Å²) in [6, 6.07) is 4.41. The Morgan fingerprint density at radius 2 is 2.00 bits per heavy atom. The van der Waals surface area contributed by atoms with Crippen molar-refractivity contribution in [3.8, 4) is 0 Å². The lowest BCUT2D eigenvalue weighted by Crippen LogP contribution is -2.17. The average molecular weight is 233 g/mol. The minimum Gasteiger partial charge on any atom is -0.370 e. The van der Waals surface area contributed by atoms with Crippen LogP contribution in [0.1, 0.15) is 25.0 Å². The number of nitrogens with zero attached hydrogens (tertiary/aromatic N) is 3. The van der Waals surface area contributed by atoms with Crippen molar-refractivity contribution in [3.63, 3.8) is 0 Å². The van der Waals surface area contributed by atoms with Crippen molar-refractivity contribution in [1.82, 2.24) is 9.88 Å². The van der Waals surface area contributed by atoms with Crippen molar-refractivity contribution in [2.24, 2.45) is 0 Å². The molecule has 0 unspecified atom stereocenters. The summed E-state index contributed by atoms with van der Waals surface area (Å²) in [4.78, 5) is 9.21. The molecule has 0 radical (unpaired) electrons. The zero-order valence-corrected chi connectivity index (χ0v) is 11.0. The topological polar surface area (TPSA) is 19.4 Å². The van der Waals surface area contributed by atoms with Crippen LogP contribution < -0.4 is 4.90 Å². The monoisotopic (exact) mass is 233 g/mol. The van der Waals surface area contributed by atoms with Crippen molar-refractivity contribution < 1.29 is 0 Å². The molecule has 94 valence electrons. The molecule has 0 amide bonds. The predicted octanol–water partition coefficient (Wildman–Crippen LogP) is 2.18. The van der Waals surface area contributed by atoms with Gasteiger partial charge in [0.15, 0.2) is 0 Å². The van der Waals surface area contributed by atoms with Gasteiger partial charge in [-0.25, -0.2) is 0 Å². The van der Waals surface area contributed by atoms with E-state index >= 15 is 0 Å². The SMILES string of the molecule is CN(C)CCCc1ccc(N2CCCC2)cn1. The third kappa shape index (κ3) is 3.70. The van der Waals surface area contributed by atoms with Gasteiger partial charge in [-0.2, -0.15) is 0 Å². The second-order valence-electron chi connectivity index (χ2n) is 5.11. The molecule has 3 heteroatoms. The second kappa shape index (κ2) is 6.01. The van der Waals surface area contributed by atoms with Crippen LogP contribution >= 0.6 is 0 Å². The number of hydrogen-bond donors (Lipinski definition) is 0. The normalized spacial score (nSPS) is 15.8. The van der Waals surface area contributed by atoms with E-state index in [1.807, 2.05) is 6.20 Å². The molecule has 0 saturated carbocycles. The number of pyridine rings is 1. The molecule has 1 aromatic heterocycles. The smallest absolute Gasteiger partial charge is 0.0552 e. The molecule has 1 saturated heterocycles. The van der Waals surface area contributed by atoms with Crippen LogP contribution in [0, 0.1) is 0 Å². The Morgan fingerprint density at radius 3 is 2.59 bits per heavy atom. The van der Waals surface area contributed by atoms with Gasteiger partial charge in [-0.15, -0.1) is 0 Å². The van der Waals surface area contributed by atoms with E-state index in [0.717, 1.165) is 13.0 Å². The van der Waals surface area contributed by atoms with E-state index in [0.29, 0.717) is 0 Å². The Kier molecular flexibility index (Phi) is 4.37. The van der Waals surface area contributed by atoms with Gasteiger partial charge in [0.25, 0.3) is 0 Å². The average Bonchev–Trinajstić information content (AvgIpc) is 2.83. The highest BCUT2D eigenvalue weighted by atomic mass is 15.1. The Balaban J connectivity index is 1.84. The highest BCUT2D eigenvalue weighted by Gasteiger charge is 2.12. The predicted molar refractivity (Wildman–Crippen MR) is 72.6 cm³/mol. The summed E-state index contributed by atoms with van der Waals surface area (Å²) < 4.78 is 0. The van der Waals surface area contributed by atoms with E-state index in [9.17, 15) is 0 Å². The fraction of sp³-hybridized carbons (Fsp3) is 0.643. The maximum Gasteiger partial charge on any atom is 0.0552 e. The first-order valence-electron chi connectivity index (χ1n) is 6.60. The summed E-state index contributed by atoms with van der Waals surface area (Å²) in [6.45, 7) is 3.53. The molecule has 0 spiro atoms. The van der Waals surface area contributed by atoms with E-state index in [1.54, 1.807) is 0 Å². The van der Waals surface area contributed by atoms with Gasteiger partial charge in [0.2, 0.25) is 0 Å². The lowest BCUT2D eigenvalue weighted by molar-refractivity contribution is 0.399. The van der Waals surface area contributed by atoms with E-state index in [2.05, 4.69) is 41.0 Å². The van der Waals surface area contributed by atoms with Crippen LogP contribution in [0.4, 0.5) is 5.69 Å². The summed E-state index contributed by atoms with van der Waals surface area (Å²) in [5, 5.41) is 0. The van der Waals surface area contributed by atoms with Crippen molar-refractivity contribution >= 4 is 5.69 Å². The van der Waals surface area contributed by atoms with Gasteiger partial charge >= 0.3 is 0 Å². The first-order chi connectivity index (χ1) is 8.25. The highest BCUT2D eigenvalue weighted by Crippen LogP contribution is 2.19. The van der Waals surface area contributed by atoms with Crippen LogP contribution in [-0.2, 0) is 6.42 Å². The zero-order chi connectivity index (χ0) is 12.1. The summed E-state index contributed by atoms with van der Waals surface area (Å²) in [5.41, 5.74) is 2.51. The molecule has 17 heavy (non-hydrogen) atoms. The van der Waals surface area contributed by atoms with E-state index < -0.39 is 0 Å². The summed E-state index contributed by atoms with van der Waals surface area (Å²) in [6.07, 6.45) is 6.95. The van der Waals surface area contributed by atoms with Gasteiger partial charge in [-0.3, -0.25) is 4.98 Å². The zero-order valence-electron chi connectivity index (χ0n) is 11.0. The Morgan fingerprint density at radius 1 is 1.24 bits per heavy atom.